The predicted molar refractivity (Wildman–Crippen MR) is 116 cm³/mol. The maximum atomic E-state index is 13.9. The standard InChI is InChI=1S/C22H24F3N3O3S/c1-13-8-14(2)21(15(3)9-13)32(30,31)27-19(22(23,24)25)12-28-11-16(10-20(26)29)17-6-4-5-7-18(17)28/h4-9,11,19,27H,10,12H2,1-3H3,(H2,26,29). The van der Waals surface area contributed by atoms with Crippen LogP contribution in [-0.4, -0.2) is 31.1 Å². The number of carbonyl (C=O) groups excluding carboxylic acids is 1. The molecular weight excluding hydrogens is 443 g/mol. The lowest BCUT2D eigenvalue weighted by atomic mass is 10.1. The third-order valence-corrected chi connectivity index (χ3v) is 6.96. The number of primary amides is 1. The number of aromatic nitrogens is 1. The number of para-hydroxylation sites is 1. The van der Waals surface area contributed by atoms with Crippen molar-refractivity contribution in [3.8, 4) is 0 Å². The summed E-state index contributed by atoms with van der Waals surface area (Å²) in [6.07, 6.45) is -3.59. The molecule has 0 aliphatic rings. The van der Waals surface area contributed by atoms with Gasteiger partial charge in [-0.15, -0.1) is 0 Å². The minimum Gasteiger partial charge on any atom is -0.369 e. The van der Waals surface area contributed by atoms with Gasteiger partial charge in [0.05, 0.1) is 11.3 Å². The van der Waals surface area contributed by atoms with Crippen molar-refractivity contribution in [1.82, 2.24) is 9.29 Å². The number of fused-ring (bicyclic) bond motifs is 1. The molecule has 1 atom stereocenters. The molecule has 6 nitrogen and oxygen atoms in total. The SMILES string of the molecule is Cc1cc(C)c(S(=O)(=O)NC(Cn2cc(CC(N)=O)c3ccccc32)C(F)(F)F)c(C)c1. The second-order valence-corrected chi connectivity index (χ2v) is 9.56. The van der Waals surface area contributed by atoms with Crippen LogP contribution in [0, 0.1) is 20.8 Å². The quantitative estimate of drug-likeness (QED) is 0.557. The lowest BCUT2D eigenvalue weighted by Crippen LogP contribution is -2.48. The zero-order chi connectivity index (χ0) is 23.8. The van der Waals surface area contributed by atoms with E-state index in [1.165, 1.54) is 10.8 Å². The molecular formula is C22H24F3N3O3S. The van der Waals surface area contributed by atoms with Crippen LogP contribution < -0.4 is 10.5 Å². The van der Waals surface area contributed by atoms with E-state index in [9.17, 15) is 26.4 Å². The third-order valence-electron chi connectivity index (χ3n) is 5.18. The van der Waals surface area contributed by atoms with E-state index >= 15 is 0 Å². The molecule has 0 fully saturated rings. The Bertz CT molecular complexity index is 1260. The molecule has 1 heterocycles. The van der Waals surface area contributed by atoms with E-state index in [-0.39, 0.29) is 11.3 Å². The van der Waals surface area contributed by atoms with Gasteiger partial charge in [0.25, 0.3) is 0 Å². The number of benzene rings is 2. The molecule has 0 saturated heterocycles. The summed E-state index contributed by atoms with van der Waals surface area (Å²) in [5.41, 5.74) is 7.73. The topological polar surface area (TPSA) is 94.2 Å². The molecule has 1 unspecified atom stereocenters. The van der Waals surface area contributed by atoms with E-state index in [1.807, 2.05) is 4.72 Å². The van der Waals surface area contributed by atoms with E-state index in [4.69, 9.17) is 5.73 Å². The molecule has 1 aromatic heterocycles. The molecule has 10 heteroatoms. The monoisotopic (exact) mass is 467 g/mol. The Labute approximate surface area is 184 Å². The summed E-state index contributed by atoms with van der Waals surface area (Å²) in [5.74, 6) is -0.619. The average molecular weight is 468 g/mol. The summed E-state index contributed by atoms with van der Waals surface area (Å²) < 4.78 is 70.8. The summed E-state index contributed by atoms with van der Waals surface area (Å²) in [5, 5.41) is 0.584. The minimum absolute atomic E-state index is 0.141. The number of aryl methyl sites for hydroxylation is 3. The molecule has 3 rings (SSSR count). The first-order valence-corrected chi connectivity index (χ1v) is 11.3. The lowest BCUT2D eigenvalue weighted by molar-refractivity contribution is -0.154. The highest BCUT2D eigenvalue weighted by molar-refractivity contribution is 7.89. The number of sulfonamides is 1. The molecule has 3 N–H and O–H groups in total. The molecule has 0 bridgehead atoms. The first-order valence-electron chi connectivity index (χ1n) is 9.81. The molecule has 0 aliphatic heterocycles. The highest BCUT2D eigenvalue weighted by atomic mass is 32.2. The zero-order valence-corrected chi connectivity index (χ0v) is 18.6. The van der Waals surface area contributed by atoms with Gasteiger partial charge in [0.1, 0.15) is 6.04 Å². The number of carbonyl (C=O) groups is 1. The van der Waals surface area contributed by atoms with E-state index in [0.29, 0.717) is 27.6 Å². The van der Waals surface area contributed by atoms with Gasteiger partial charge >= 0.3 is 6.18 Å². The molecule has 0 radical (unpaired) electrons. The van der Waals surface area contributed by atoms with E-state index in [0.717, 1.165) is 5.56 Å². The maximum Gasteiger partial charge on any atom is 0.406 e. The molecule has 1 amide bonds. The van der Waals surface area contributed by atoms with Crippen molar-refractivity contribution < 1.29 is 26.4 Å². The smallest absolute Gasteiger partial charge is 0.369 e. The normalized spacial score (nSPS) is 13.4. The van der Waals surface area contributed by atoms with Gasteiger partial charge in [-0.2, -0.15) is 17.9 Å². The van der Waals surface area contributed by atoms with Crippen LogP contribution in [0.15, 0.2) is 47.5 Å². The number of nitrogens with zero attached hydrogens (tertiary/aromatic N) is 1. The van der Waals surface area contributed by atoms with Gasteiger partial charge < -0.3 is 10.3 Å². The van der Waals surface area contributed by atoms with Crippen LogP contribution in [-0.2, 0) is 27.8 Å². The van der Waals surface area contributed by atoms with E-state index < -0.39 is 34.7 Å². The first kappa shape index (κ1) is 23.8. The predicted octanol–water partition coefficient (Wildman–Crippen LogP) is 3.50. The number of alkyl halides is 3. The molecule has 172 valence electrons. The number of hydrogen-bond donors (Lipinski definition) is 2. The van der Waals surface area contributed by atoms with E-state index in [1.54, 1.807) is 57.2 Å². The number of nitrogens with one attached hydrogen (secondary N) is 1. The van der Waals surface area contributed by atoms with Crippen molar-refractivity contribution in [2.75, 3.05) is 0 Å². The Hall–Kier alpha value is -2.85. The van der Waals surface area contributed by atoms with Crippen LogP contribution in [0.3, 0.4) is 0 Å². The summed E-state index contributed by atoms with van der Waals surface area (Å²) >= 11 is 0. The molecule has 0 aliphatic carbocycles. The molecule has 0 spiro atoms. The van der Waals surface area contributed by atoms with Gasteiger partial charge in [-0.25, -0.2) is 8.42 Å². The Morgan fingerprint density at radius 3 is 2.28 bits per heavy atom. The zero-order valence-electron chi connectivity index (χ0n) is 17.8. The number of amides is 1. The number of rotatable bonds is 7. The van der Waals surface area contributed by atoms with Gasteiger partial charge in [0, 0.05) is 23.6 Å². The highest BCUT2D eigenvalue weighted by Gasteiger charge is 2.43. The van der Waals surface area contributed by atoms with Crippen LogP contribution in [0.4, 0.5) is 13.2 Å². The van der Waals surface area contributed by atoms with Gasteiger partial charge in [0.2, 0.25) is 15.9 Å². The van der Waals surface area contributed by atoms with Crippen LogP contribution in [0.25, 0.3) is 10.9 Å². The summed E-state index contributed by atoms with van der Waals surface area (Å²) in [6, 6.07) is 7.47. The minimum atomic E-state index is -4.85. The second-order valence-electron chi connectivity index (χ2n) is 7.91. The number of hydrogen-bond acceptors (Lipinski definition) is 3. The highest BCUT2D eigenvalue weighted by Crippen LogP contribution is 2.29. The first-order chi connectivity index (χ1) is 14.8. The van der Waals surface area contributed by atoms with Crippen molar-refractivity contribution in [3.05, 3.63) is 64.8 Å². The molecule has 32 heavy (non-hydrogen) atoms. The fourth-order valence-corrected chi connectivity index (χ4v) is 5.71. The fraction of sp³-hybridized carbons (Fsp3) is 0.318. The van der Waals surface area contributed by atoms with E-state index in [2.05, 4.69) is 0 Å². The number of halogens is 3. The lowest BCUT2D eigenvalue weighted by Gasteiger charge is -2.24. The van der Waals surface area contributed by atoms with Gasteiger partial charge in [-0.05, 0) is 43.5 Å². The Kier molecular flexibility index (Phi) is 6.39. The van der Waals surface area contributed by atoms with Crippen molar-refractivity contribution in [2.45, 2.75) is 50.9 Å². The summed E-state index contributed by atoms with van der Waals surface area (Å²) in [4.78, 5) is 11.2. The summed E-state index contributed by atoms with van der Waals surface area (Å²) in [7, 11) is -4.46. The van der Waals surface area contributed by atoms with Crippen LogP contribution in [0.2, 0.25) is 0 Å². The number of nitrogens with two attached hydrogens (primary N) is 1. The van der Waals surface area contributed by atoms with Gasteiger partial charge in [0.15, 0.2) is 0 Å². The van der Waals surface area contributed by atoms with Crippen molar-refractivity contribution in [3.63, 3.8) is 0 Å². The van der Waals surface area contributed by atoms with Crippen molar-refractivity contribution in [2.24, 2.45) is 5.73 Å². The largest absolute Gasteiger partial charge is 0.406 e. The fourth-order valence-electron chi connectivity index (χ4n) is 4.04. The Balaban J connectivity index is 2.02. The molecule has 0 saturated carbocycles. The third kappa shape index (κ3) is 4.97. The Morgan fingerprint density at radius 1 is 1.12 bits per heavy atom. The van der Waals surface area contributed by atoms with Gasteiger partial charge in [-0.3, -0.25) is 4.79 Å². The van der Waals surface area contributed by atoms with Crippen molar-refractivity contribution in [1.29, 1.82) is 0 Å². The molecule has 2 aromatic carbocycles. The molecule has 3 aromatic rings. The average Bonchev–Trinajstić information content (AvgIpc) is 2.96. The maximum absolute atomic E-state index is 13.9. The Morgan fingerprint density at radius 2 is 1.72 bits per heavy atom. The van der Waals surface area contributed by atoms with Gasteiger partial charge in [-0.1, -0.05) is 35.9 Å². The summed E-state index contributed by atoms with van der Waals surface area (Å²) in [6.45, 7) is 4.18. The van der Waals surface area contributed by atoms with Crippen LogP contribution in [0.1, 0.15) is 22.3 Å². The van der Waals surface area contributed by atoms with Crippen molar-refractivity contribution >= 4 is 26.8 Å². The second kappa shape index (κ2) is 8.59. The van der Waals surface area contributed by atoms with Crippen LogP contribution >= 0.6 is 0 Å². The van der Waals surface area contributed by atoms with Crippen LogP contribution in [0.5, 0.6) is 0 Å².